The lowest BCUT2D eigenvalue weighted by atomic mass is 10.1. The Morgan fingerprint density at radius 2 is 2.09 bits per heavy atom. The van der Waals surface area contributed by atoms with Gasteiger partial charge < -0.3 is 0 Å². The first kappa shape index (κ1) is 8.85. The lowest BCUT2D eigenvalue weighted by molar-refractivity contribution is 0.154. The summed E-state index contributed by atoms with van der Waals surface area (Å²) >= 11 is 6.08. The summed E-state index contributed by atoms with van der Waals surface area (Å²) in [5.74, 6) is 0. The summed E-state index contributed by atoms with van der Waals surface area (Å²) in [5.41, 5.74) is 0.0865. The average Bonchev–Trinajstić information content (AvgIpc) is 2.07. The van der Waals surface area contributed by atoms with E-state index in [4.69, 9.17) is 11.6 Å². The Hall–Kier alpha value is -0.240. The minimum atomic E-state index is -0.271. The maximum absolute atomic E-state index is 6.08. The van der Waals surface area contributed by atoms with Crippen molar-refractivity contribution in [1.82, 2.24) is 5.01 Å². The van der Waals surface area contributed by atoms with Crippen LogP contribution in [-0.2, 0) is 0 Å². The van der Waals surface area contributed by atoms with Gasteiger partial charge in [0.05, 0.1) is 11.4 Å². The van der Waals surface area contributed by atoms with Crippen LogP contribution in [0.1, 0.15) is 27.7 Å². The molecule has 1 unspecified atom stereocenters. The van der Waals surface area contributed by atoms with Crippen molar-refractivity contribution in [2.24, 2.45) is 5.10 Å². The zero-order chi connectivity index (χ0) is 8.70. The second-order valence-electron chi connectivity index (χ2n) is 4.25. The normalized spacial score (nSPS) is 31.5. The van der Waals surface area contributed by atoms with Gasteiger partial charge in [0.1, 0.15) is 0 Å². The second-order valence-corrected chi connectivity index (χ2v) is 5.11. The SMILES string of the molecule is CC1(Cl)C=NN(C(C)(C)C)C1. The second kappa shape index (κ2) is 2.37. The van der Waals surface area contributed by atoms with Crippen LogP contribution in [-0.4, -0.2) is 28.2 Å². The number of alkyl halides is 1. The Morgan fingerprint density at radius 3 is 2.27 bits per heavy atom. The van der Waals surface area contributed by atoms with Gasteiger partial charge in [-0.25, -0.2) is 0 Å². The molecule has 1 aliphatic rings. The first-order valence-electron chi connectivity index (χ1n) is 3.83. The third-order valence-electron chi connectivity index (χ3n) is 1.70. The standard InChI is InChI=1S/C8H15ClN2/c1-7(2,3)11-6-8(4,9)5-10-11/h5H,6H2,1-4H3. The number of hydrazone groups is 1. The fraction of sp³-hybridized carbons (Fsp3) is 0.875. The van der Waals surface area contributed by atoms with E-state index in [0.29, 0.717) is 0 Å². The van der Waals surface area contributed by atoms with Gasteiger partial charge in [0.2, 0.25) is 0 Å². The van der Waals surface area contributed by atoms with Crippen molar-refractivity contribution >= 4 is 17.8 Å². The van der Waals surface area contributed by atoms with E-state index in [2.05, 4.69) is 25.9 Å². The van der Waals surface area contributed by atoms with E-state index in [-0.39, 0.29) is 10.4 Å². The summed E-state index contributed by atoms with van der Waals surface area (Å²) in [6.07, 6.45) is 1.81. The van der Waals surface area contributed by atoms with E-state index >= 15 is 0 Å². The first-order chi connectivity index (χ1) is 4.81. The van der Waals surface area contributed by atoms with Crippen molar-refractivity contribution in [3.8, 4) is 0 Å². The lowest BCUT2D eigenvalue weighted by Crippen LogP contribution is -2.39. The Bertz CT molecular complexity index is 179. The Balaban J connectivity index is 2.65. The molecule has 0 aromatic carbocycles. The highest BCUT2D eigenvalue weighted by Crippen LogP contribution is 2.25. The third kappa shape index (κ3) is 2.09. The molecule has 0 saturated heterocycles. The maximum Gasteiger partial charge on any atom is 0.0976 e. The van der Waals surface area contributed by atoms with Gasteiger partial charge >= 0.3 is 0 Å². The molecule has 1 rings (SSSR count). The summed E-state index contributed by atoms with van der Waals surface area (Å²) in [7, 11) is 0. The number of hydrogen-bond donors (Lipinski definition) is 0. The van der Waals surface area contributed by atoms with Crippen molar-refractivity contribution in [2.75, 3.05) is 6.54 Å². The molecule has 1 heterocycles. The van der Waals surface area contributed by atoms with E-state index in [0.717, 1.165) is 6.54 Å². The fourth-order valence-corrected chi connectivity index (χ4v) is 1.13. The molecule has 1 atom stereocenters. The smallest absolute Gasteiger partial charge is 0.0976 e. The Kier molecular flexibility index (Phi) is 1.91. The predicted octanol–water partition coefficient (Wildman–Crippen LogP) is 2.08. The van der Waals surface area contributed by atoms with Gasteiger partial charge in [-0.15, -0.1) is 11.6 Å². The average molecular weight is 175 g/mol. The maximum atomic E-state index is 6.08. The fourth-order valence-electron chi connectivity index (χ4n) is 0.975. The van der Waals surface area contributed by atoms with Gasteiger partial charge in [-0.3, -0.25) is 5.01 Å². The molecule has 64 valence electrons. The minimum Gasteiger partial charge on any atom is -0.290 e. The molecular weight excluding hydrogens is 160 g/mol. The van der Waals surface area contributed by atoms with Crippen molar-refractivity contribution in [3.63, 3.8) is 0 Å². The van der Waals surface area contributed by atoms with Crippen molar-refractivity contribution in [1.29, 1.82) is 0 Å². The summed E-state index contributed by atoms with van der Waals surface area (Å²) in [5, 5.41) is 6.25. The van der Waals surface area contributed by atoms with E-state index in [1.165, 1.54) is 0 Å². The molecule has 0 spiro atoms. The summed E-state index contributed by atoms with van der Waals surface area (Å²) in [4.78, 5) is -0.271. The van der Waals surface area contributed by atoms with Gasteiger partial charge in [0, 0.05) is 11.8 Å². The largest absolute Gasteiger partial charge is 0.290 e. The molecule has 0 amide bonds. The molecular formula is C8H15ClN2. The van der Waals surface area contributed by atoms with Crippen LogP contribution >= 0.6 is 11.6 Å². The zero-order valence-corrected chi connectivity index (χ0v) is 8.31. The number of nitrogens with zero attached hydrogens (tertiary/aromatic N) is 2. The van der Waals surface area contributed by atoms with Crippen molar-refractivity contribution < 1.29 is 0 Å². The monoisotopic (exact) mass is 174 g/mol. The van der Waals surface area contributed by atoms with Gasteiger partial charge in [-0.2, -0.15) is 5.10 Å². The highest BCUT2D eigenvalue weighted by molar-refractivity contribution is 6.32. The number of hydrogen-bond acceptors (Lipinski definition) is 2. The van der Waals surface area contributed by atoms with Crippen LogP contribution in [0.3, 0.4) is 0 Å². The molecule has 0 fully saturated rings. The molecule has 0 radical (unpaired) electrons. The highest BCUT2D eigenvalue weighted by Gasteiger charge is 2.33. The van der Waals surface area contributed by atoms with Crippen molar-refractivity contribution in [2.45, 2.75) is 38.1 Å². The van der Waals surface area contributed by atoms with E-state index < -0.39 is 0 Å². The molecule has 0 saturated carbocycles. The topological polar surface area (TPSA) is 15.6 Å². The first-order valence-corrected chi connectivity index (χ1v) is 4.21. The van der Waals surface area contributed by atoms with Crippen LogP contribution in [0.25, 0.3) is 0 Å². The predicted molar refractivity (Wildman–Crippen MR) is 49.2 cm³/mol. The summed E-state index contributed by atoms with van der Waals surface area (Å²) < 4.78 is 0. The third-order valence-corrected chi connectivity index (χ3v) is 1.92. The number of rotatable bonds is 0. The lowest BCUT2D eigenvalue weighted by Gasteiger charge is -2.31. The van der Waals surface area contributed by atoms with Crippen LogP contribution in [0.15, 0.2) is 5.10 Å². The Morgan fingerprint density at radius 1 is 1.55 bits per heavy atom. The number of halogens is 1. The molecule has 0 aromatic rings. The summed E-state index contributed by atoms with van der Waals surface area (Å²) in [6.45, 7) is 9.16. The minimum absolute atomic E-state index is 0.0865. The molecule has 11 heavy (non-hydrogen) atoms. The molecule has 1 aliphatic heterocycles. The molecule has 2 nitrogen and oxygen atoms in total. The van der Waals surface area contributed by atoms with Crippen LogP contribution in [0.5, 0.6) is 0 Å². The molecule has 0 aromatic heterocycles. The van der Waals surface area contributed by atoms with Crippen LogP contribution in [0.2, 0.25) is 0 Å². The highest BCUT2D eigenvalue weighted by atomic mass is 35.5. The van der Waals surface area contributed by atoms with Crippen molar-refractivity contribution in [3.05, 3.63) is 0 Å². The van der Waals surface area contributed by atoms with E-state index in [1.807, 2.05) is 11.9 Å². The molecule has 0 bridgehead atoms. The molecule has 3 heteroatoms. The molecule has 0 aliphatic carbocycles. The Labute approximate surface area is 73.2 Å². The van der Waals surface area contributed by atoms with E-state index in [1.54, 1.807) is 6.21 Å². The van der Waals surface area contributed by atoms with Gasteiger partial charge in [-0.05, 0) is 27.7 Å². The zero-order valence-electron chi connectivity index (χ0n) is 7.56. The van der Waals surface area contributed by atoms with Gasteiger partial charge in [0.25, 0.3) is 0 Å². The van der Waals surface area contributed by atoms with E-state index in [9.17, 15) is 0 Å². The quantitative estimate of drug-likeness (QED) is 0.514. The van der Waals surface area contributed by atoms with Gasteiger partial charge in [-0.1, -0.05) is 0 Å². The van der Waals surface area contributed by atoms with Gasteiger partial charge in [0.15, 0.2) is 0 Å². The molecule has 0 N–H and O–H groups in total. The summed E-state index contributed by atoms with van der Waals surface area (Å²) in [6, 6.07) is 0. The van der Waals surface area contributed by atoms with Crippen LogP contribution < -0.4 is 0 Å². The van der Waals surface area contributed by atoms with Crippen LogP contribution in [0, 0.1) is 0 Å². The van der Waals surface area contributed by atoms with Crippen LogP contribution in [0.4, 0.5) is 0 Å².